The molecule has 0 aliphatic heterocycles. The highest BCUT2D eigenvalue weighted by Gasteiger charge is 1.96. The van der Waals surface area contributed by atoms with Gasteiger partial charge in [0.25, 0.3) is 0 Å². The summed E-state index contributed by atoms with van der Waals surface area (Å²) < 4.78 is 10.7. The molecule has 80 heavy (non-hydrogen) atoms. The molecule has 0 radical (unpaired) electrons. The van der Waals surface area contributed by atoms with Crippen LogP contribution in [-0.2, 0) is 70.5 Å². The summed E-state index contributed by atoms with van der Waals surface area (Å²) in [6.45, 7) is 37.1. The molecule has 448 valence electrons. The summed E-state index contributed by atoms with van der Waals surface area (Å²) >= 11 is 0. The van der Waals surface area contributed by atoms with E-state index in [-0.39, 0.29) is 0 Å². The summed E-state index contributed by atoms with van der Waals surface area (Å²) in [6.07, 6.45) is 11.7. The van der Waals surface area contributed by atoms with Crippen LogP contribution >= 0.6 is 0 Å². The molecule has 10 rings (SSSR count). The zero-order valence-electron chi connectivity index (χ0n) is 53.6. The highest BCUT2D eigenvalue weighted by Crippen LogP contribution is 1.94. The van der Waals surface area contributed by atoms with Gasteiger partial charge in [-0.1, -0.05) is 75.3 Å². The maximum atomic E-state index is 4.02. The van der Waals surface area contributed by atoms with Crippen LogP contribution in [0.3, 0.4) is 0 Å². The van der Waals surface area contributed by atoms with Crippen LogP contribution in [0.4, 0.5) is 0 Å². The average Bonchev–Trinajstić information content (AvgIpc) is 4.36. The van der Waals surface area contributed by atoms with Gasteiger partial charge >= 0.3 is 0 Å². The number of aromatic nitrogens is 32. The Morgan fingerprint density at radius 2 is 0.825 bits per heavy atom. The quantitative estimate of drug-likeness (QED) is 0.191. The van der Waals surface area contributed by atoms with E-state index in [0.29, 0.717) is 11.6 Å². The second-order valence-corrected chi connectivity index (χ2v) is 14.2. The second kappa shape index (κ2) is 52.2. The minimum absolute atomic E-state index is 0.711. The van der Waals surface area contributed by atoms with Crippen molar-refractivity contribution in [2.75, 3.05) is 0 Å². The molecule has 32 heteroatoms. The maximum absolute atomic E-state index is 4.02. The summed E-state index contributed by atoms with van der Waals surface area (Å²) in [7, 11) is 18.4. The fourth-order valence-electron chi connectivity index (χ4n) is 3.83. The number of tetrazole rings is 4. The largest absolute Gasteiger partial charge is 0.323 e. The van der Waals surface area contributed by atoms with Crippen LogP contribution in [0.2, 0.25) is 0 Å². The van der Waals surface area contributed by atoms with E-state index >= 15 is 0 Å². The van der Waals surface area contributed by atoms with E-state index in [1.165, 1.54) is 26.4 Å². The van der Waals surface area contributed by atoms with E-state index in [1.54, 1.807) is 104 Å². The zero-order valence-corrected chi connectivity index (χ0v) is 53.6. The Kier molecular flexibility index (Phi) is 52.2. The molecule has 10 aromatic heterocycles. The van der Waals surface area contributed by atoms with E-state index in [0.717, 1.165) is 34.7 Å². The Morgan fingerprint density at radius 3 is 0.950 bits per heavy atom. The molecular formula is C48H97N32+. The lowest BCUT2D eigenvalue weighted by Gasteiger charge is -1.90. The van der Waals surface area contributed by atoms with Gasteiger partial charge in [-0.05, 0) is 86.7 Å². The van der Waals surface area contributed by atoms with Crippen molar-refractivity contribution in [3.63, 3.8) is 0 Å². The molecule has 0 atom stereocenters. The third-order valence-electron chi connectivity index (χ3n) is 8.22. The molecule has 0 aromatic carbocycles. The van der Waals surface area contributed by atoms with Gasteiger partial charge in [0.05, 0.1) is 37.9 Å². The predicted molar refractivity (Wildman–Crippen MR) is 307 cm³/mol. The van der Waals surface area contributed by atoms with Gasteiger partial charge in [0.15, 0.2) is 23.5 Å². The van der Waals surface area contributed by atoms with Crippen LogP contribution in [0.1, 0.15) is 121 Å². The highest BCUT2D eigenvalue weighted by atomic mass is 15.6. The van der Waals surface area contributed by atoms with Crippen molar-refractivity contribution in [2.24, 2.45) is 70.5 Å². The van der Waals surface area contributed by atoms with Crippen molar-refractivity contribution in [1.29, 1.82) is 0 Å². The van der Waals surface area contributed by atoms with Gasteiger partial charge < -0.3 is 9.13 Å². The van der Waals surface area contributed by atoms with Gasteiger partial charge in [-0.2, -0.15) is 44.7 Å². The van der Waals surface area contributed by atoms with Crippen LogP contribution in [0.25, 0.3) is 0 Å². The Balaban J connectivity index is -0.000000256. The summed E-state index contributed by atoms with van der Waals surface area (Å²) in [6, 6.07) is 6.14. The molecule has 0 unspecified atom stereocenters. The van der Waals surface area contributed by atoms with E-state index in [1.807, 2.05) is 169 Å². The van der Waals surface area contributed by atoms with Crippen LogP contribution < -0.4 is 4.57 Å². The van der Waals surface area contributed by atoms with Gasteiger partial charge in [-0.3, -0.25) is 4.68 Å². The van der Waals surface area contributed by atoms with Crippen molar-refractivity contribution in [3.05, 3.63) is 114 Å². The molecule has 0 spiro atoms. The second-order valence-electron chi connectivity index (χ2n) is 14.2. The van der Waals surface area contributed by atoms with Crippen LogP contribution in [0.15, 0.2) is 62.1 Å². The third-order valence-corrected chi connectivity index (χ3v) is 8.22. The number of hydrogen-bond acceptors (Lipinski definition) is 22. The lowest BCUT2D eigenvalue weighted by atomic mass is 10.4. The van der Waals surface area contributed by atoms with E-state index in [2.05, 4.69) is 130 Å². The van der Waals surface area contributed by atoms with E-state index in [9.17, 15) is 0 Å². The normalized spacial score (nSPS) is 8.56. The molecule has 0 bridgehead atoms. The molecule has 0 saturated heterocycles. The summed E-state index contributed by atoms with van der Waals surface area (Å²) in [4.78, 5) is 9.60. The van der Waals surface area contributed by atoms with Gasteiger partial charge in [-0.25, -0.2) is 18.9 Å². The van der Waals surface area contributed by atoms with Crippen molar-refractivity contribution in [1.82, 2.24) is 155 Å². The molecule has 10 aromatic rings. The van der Waals surface area contributed by atoms with E-state index in [4.69, 9.17) is 0 Å². The average molecular weight is 1120 g/mol. The van der Waals surface area contributed by atoms with Gasteiger partial charge in [0, 0.05) is 68.4 Å². The standard InChI is InChI=1S/C7H10N.2C5H9N3.4C3H6N4.3C3H5N3.5C2H6/c1-7-5-3-4-6-8(7)2;1-4-6-7-5(2)8(4)3;1-4-5(2)7-8(3)6-4;2*1-3-4-5-6-7(3)2;2*1-3-4-6-7(2)5-3;1-6-2-4-5-3-6;1-6-3-4-2-5-6;1-6-4-2-3-5-6;5*1-2/h3-6H,1-2H3;2*1-3H3;4*1-2H3;3*2-3H,1H3;5*1-2H3/q+1;;;;;;;;;;;;;;. The molecule has 0 fully saturated rings. The molecule has 0 amide bonds. The van der Waals surface area contributed by atoms with Crippen molar-refractivity contribution in [2.45, 2.75) is 132 Å². The fourth-order valence-corrected chi connectivity index (χ4v) is 3.83. The van der Waals surface area contributed by atoms with Crippen molar-refractivity contribution >= 4 is 0 Å². The number of hydrogen-bond donors (Lipinski definition) is 0. The minimum Gasteiger partial charge on any atom is -0.323 e. The van der Waals surface area contributed by atoms with Crippen LogP contribution in [0.5, 0.6) is 0 Å². The maximum Gasteiger partial charge on any atom is 0.177 e. The highest BCUT2D eigenvalue weighted by molar-refractivity contribution is 5.02. The molecule has 32 nitrogen and oxygen atoms in total. The lowest BCUT2D eigenvalue weighted by molar-refractivity contribution is -0.677. The third kappa shape index (κ3) is 43.3. The summed E-state index contributed by atoms with van der Waals surface area (Å²) in [5.41, 5.74) is 3.30. The topological polar surface area (TPSA) is 332 Å². The molecule has 0 saturated carbocycles. The first-order chi connectivity index (χ1) is 38.1. The van der Waals surface area contributed by atoms with E-state index < -0.39 is 0 Å². The first-order valence-electron chi connectivity index (χ1n) is 25.8. The summed E-state index contributed by atoms with van der Waals surface area (Å²) in [5, 5.41) is 77.1. The minimum atomic E-state index is 0.711. The van der Waals surface area contributed by atoms with Gasteiger partial charge in [0.2, 0.25) is 0 Å². The molecule has 0 aliphatic carbocycles. The number of aryl methyl sites for hydroxylation is 18. The summed E-state index contributed by atoms with van der Waals surface area (Å²) in [5.74, 6) is 5.01. The first kappa shape index (κ1) is 80.0. The van der Waals surface area contributed by atoms with Crippen LogP contribution in [-0.4, -0.2) is 155 Å². The van der Waals surface area contributed by atoms with Crippen LogP contribution in [0, 0.1) is 62.3 Å². The van der Waals surface area contributed by atoms with Gasteiger partial charge in [0.1, 0.15) is 55.7 Å². The SMILES string of the molecule is CC.CC.CC.CC.CC.Cc1cccc[n+]1C.Cc1nn(C)nc1C.Cc1nnc(C)n1C.Cc1nnn(C)n1.Cc1nnn(C)n1.Cc1nnnn1C.Cc1nnnn1C.Cn1cncn1.Cn1cnnc1.Cn1nccn1. The smallest absolute Gasteiger partial charge is 0.177 e. The Morgan fingerprint density at radius 1 is 0.412 bits per heavy atom. The van der Waals surface area contributed by atoms with Crippen molar-refractivity contribution < 1.29 is 4.57 Å². The Bertz CT molecular complexity index is 2510. The number of pyridine rings is 1. The molecule has 0 N–H and O–H groups in total. The lowest BCUT2D eigenvalue weighted by Crippen LogP contribution is -2.30. The predicted octanol–water partition coefficient (Wildman–Crippen LogP) is 4.33. The first-order valence-corrected chi connectivity index (χ1v) is 25.8. The monoisotopic (exact) mass is 1120 g/mol. The van der Waals surface area contributed by atoms with Crippen molar-refractivity contribution in [3.8, 4) is 0 Å². The fraction of sp³-hybridized carbons (Fsp3) is 0.604. The Hall–Kier alpha value is -8.87. The molecule has 0 aliphatic rings. The Labute approximate surface area is 474 Å². The van der Waals surface area contributed by atoms with Gasteiger partial charge in [-0.15, -0.1) is 51.0 Å². The number of nitrogens with zero attached hydrogens (tertiary/aromatic N) is 32. The zero-order chi connectivity index (χ0) is 62.6. The molecular weight excluding hydrogens is 1020 g/mol. The number of rotatable bonds is 0. The molecule has 10 heterocycles.